The van der Waals surface area contributed by atoms with Gasteiger partial charge < -0.3 is 9.84 Å². The van der Waals surface area contributed by atoms with Gasteiger partial charge in [-0.25, -0.2) is 4.39 Å². The van der Waals surface area contributed by atoms with Crippen LogP contribution in [0.5, 0.6) is 0 Å². The number of benzene rings is 1. The average molecular weight is 551 g/mol. The summed E-state index contributed by atoms with van der Waals surface area (Å²) in [5.74, 6) is 5.15. The maximum Gasteiger partial charge on any atom is 0.422 e. The minimum absolute atomic E-state index is 0.114. The van der Waals surface area contributed by atoms with Gasteiger partial charge in [0.25, 0.3) is 0 Å². The molecule has 192 valence electrons. The molecule has 0 radical (unpaired) electrons. The van der Waals surface area contributed by atoms with E-state index in [2.05, 4.69) is 38.0 Å². The van der Waals surface area contributed by atoms with Crippen LogP contribution >= 0.6 is 15.9 Å². The second-order valence-corrected chi connectivity index (χ2v) is 10.8. The van der Waals surface area contributed by atoms with Gasteiger partial charge in [-0.2, -0.15) is 13.2 Å². The number of likely N-dealkylation sites (N-methyl/N-ethyl adjacent to an activating group) is 1. The van der Waals surface area contributed by atoms with E-state index >= 15 is 0 Å². The summed E-state index contributed by atoms with van der Waals surface area (Å²) in [5, 5.41) is 12.2. The Balaban J connectivity index is 2.30. The van der Waals surface area contributed by atoms with Crippen molar-refractivity contribution in [2.24, 2.45) is 0 Å². The molecular weight excluding hydrogens is 516 g/mol. The fourth-order valence-corrected chi connectivity index (χ4v) is 4.38. The molecule has 34 heavy (non-hydrogen) atoms. The summed E-state index contributed by atoms with van der Waals surface area (Å²) >= 11 is 3.24. The molecule has 0 aliphatic carbocycles. The van der Waals surface area contributed by atoms with Crippen molar-refractivity contribution in [3.8, 4) is 11.8 Å². The van der Waals surface area contributed by atoms with Crippen molar-refractivity contribution in [3.05, 3.63) is 34.3 Å². The summed E-state index contributed by atoms with van der Waals surface area (Å²) in [4.78, 5) is 2.12. The first-order valence-corrected chi connectivity index (χ1v) is 12.2. The molecule has 4 nitrogen and oxygen atoms in total. The normalized spacial score (nSPS) is 21.6. The maximum atomic E-state index is 14.6. The fraction of sp³-hybridized carbons (Fsp3) is 0.680. The van der Waals surface area contributed by atoms with Gasteiger partial charge in [-0.1, -0.05) is 34.0 Å². The van der Waals surface area contributed by atoms with Crippen molar-refractivity contribution < 1.29 is 27.4 Å². The molecule has 2 rings (SSSR count). The van der Waals surface area contributed by atoms with Gasteiger partial charge in [-0.15, -0.1) is 5.92 Å². The number of ether oxygens (including phenoxy) is 1. The number of aliphatic hydroxyl groups is 1. The Morgan fingerprint density at radius 3 is 2.32 bits per heavy atom. The zero-order valence-electron chi connectivity index (χ0n) is 20.4. The van der Waals surface area contributed by atoms with Crippen LogP contribution in [-0.2, 0) is 10.3 Å². The summed E-state index contributed by atoms with van der Waals surface area (Å²) in [6.07, 6.45) is -3.50. The molecule has 1 heterocycles. The van der Waals surface area contributed by atoms with Crippen LogP contribution in [0.25, 0.3) is 0 Å². The zero-order chi connectivity index (χ0) is 25.8. The van der Waals surface area contributed by atoms with Crippen molar-refractivity contribution in [2.75, 3.05) is 20.3 Å². The first-order valence-electron chi connectivity index (χ1n) is 11.4. The van der Waals surface area contributed by atoms with E-state index in [4.69, 9.17) is 4.74 Å². The highest BCUT2D eigenvalue weighted by Gasteiger charge is 2.56. The van der Waals surface area contributed by atoms with E-state index < -0.39 is 30.0 Å². The number of nitrogens with zero attached hydrogens (tertiary/aromatic N) is 1. The van der Waals surface area contributed by atoms with Crippen LogP contribution in [0.4, 0.5) is 17.6 Å². The van der Waals surface area contributed by atoms with Crippen LogP contribution < -0.4 is 5.32 Å². The Morgan fingerprint density at radius 2 is 1.85 bits per heavy atom. The predicted molar refractivity (Wildman–Crippen MR) is 129 cm³/mol. The second kappa shape index (κ2) is 11.3. The van der Waals surface area contributed by atoms with Crippen molar-refractivity contribution in [3.63, 3.8) is 0 Å². The van der Waals surface area contributed by atoms with Crippen LogP contribution in [0.3, 0.4) is 0 Å². The van der Waals surface area contributed by atoms with E-state index in [0.717, 1.165) is 6.42 Å². The van der Waals surface area contributed by atoms with E-state index in [1.54, 1.807) is 0 Å². The molecule has 1 aliphatic heterocycles. The van der Waals surface area contributed by atoms with Crippen LogP contribution in [-0.4, -0.2) is 59.9 Å². The second-order valence-electron chi connectivity index (χ2n) is 9.92. The van der Waals surface area contributed by atoms with E-state index in [1.165, 1.54) is 38.1 Å². The SMILES string of the molecule is CN1[C@@H](CCCC#C[C@](N[C@H](CO)CC(C)(C)F)(c2ccc(Br)cc2)C(F)(F)F)COC1(C)C. The fourth-order valence-electron chi connectivity index (χ4n) is 4.11. The largest absolute Gasteiger partial charge is 0.422 e. The van der Waals surface area contributed by atoms with Gasteiger partial charge in [0.05, 0.1) is 13.2 Å². The molecule has 0 saturated carbocycles. The lowest BCUT2D eigenvalue weighted by molar-refractivity contribution is -0.185. The first kappa shape index (κ1) is 29.1. The lowest BCUT2D eigenvalue weighted by atomic mass is 9.87. The Kier molecular flexibility index (Phi) is 9.62. The van der Waals surface area contributed by atoms with E-state index in [-0.39, 0.29) is 30.2 Å². The summed E-state index contributed by atoms with van der Waals surface area (Å²) < 4.78 is 64.5. The molecule has 1 aromatic carbocycles. The number of hydrogen-bond acceptors (Lipinski definition) is 4. The molecule has 3 atom stereocenters. The number of hydrogen-bond donors (Lipinski definition) is 2. The number of halogens is 5. The van der Waals surface area contributed by atoms with Crippen molar-refractivity contribution in [2.45, 2.75) is 88.6 Å². The van der Waals surface area contributed by atoms with Crippen LogP contribution in [0, 0.1) is 11.8 Å². The molecule has 2 N–H and O–H groups in total. The summed E-state index contributed by atoms with van der Waals surface area (Å²) in [5.41, 5.74) is -5.00. The third kappa shape index (κ3) is 7.41. The predicted octanol–water partition coefficient (Wildman–Crippen LogP) is 5.54. The molecule has 1 saturated heterocycles. The molecule has 0 aromatic heterocycles. The molecule has 0 bridgehead atoms. The van der Waals surface area contributed by atoms with E-state index in [9.17, 15) is 22.7 Å². The zero-order valence-corrected chi connectivity index (χ0v) is 22.0. The smallest absolute Gasteiger partial charge is 0.395 e. The average Bonchev–Trinajstić information content (AvgIpc) is 2.97. The Labute approximate surface area is 208 Å². The van der Waals surface area contributed by atoms with Gasteiger partial charge in [0.15, 0.2) is 0 Å². The van der Waals surface area contributed by atoms with Gasteiger partial charge >= 0.3 is 6.18 Å². The minimum Gasteiger partial charge on any atom is -0.395 e. The lowest BCUT2D eigenvalue weighted by Gasteiger charge is -2.37. The van der Waals surface area contributed by atoms with Crippen LogP contribution in [0.2, 0.25) is 0 Å². The Hall–Kier alpha value is -1.18. The highest BCUT2D eigenvalue weighted by Crippen LogP contribution is 2.40. The quantitative estimate of drug-likeness (QED) is 0.241. The van der Waals surface area contributed by atoms with Crippen LogP contribution in [0.15, 0.2) is 28.7 Å². The maximum absolute atomic E-state index is 14.6. The number of nitrogens with one attached hydrogen (secondary N) is 1. The number of alkyl halides is 4. The number of aliphatic hydroxyl groups excluding tert-OH is 1. The molecule has 9 heteroatoms. The third-order valence-electron chi connectivity index (χ3n) is 6.22. The Bertz CT molecular complexity index is 859. The van der Waals surface area contributed by atoms with Crippen molar-refractivity contribution in [1.29, 1.82) is 0 Å². The van der Waals surface area contributed by atoms with E-state index in [1.807, 2.05) is 20.9 Å². The minimum atomic E-state index is -4.81. The van der Waals surface area contributed by atoms with Gasteiger partial charge in [0, 0.05) is 23.0 Å². The van der Waals surface area contributed by atoms with Gasteiger partial charge in [-0.05, 0) is 71.7 Å². The van der Waals surface area contributed by atoms with Gasteiger partial charge in [0.1, 0.15) is 11.4 Å². The third-order valence-corrected chi connectivity index (χ3v) is 6.75. The van der Waals surface area contributed by atoms with Crippen molar-refractivity contribution >= 4 is 15.9 Å². The summed E-state index contributed by atoms with van der Waals surface area (Å²) in [6, 6.07) is 4.71. The Morgan fingerprint density at radius 1 is 1.24 bits per heavy atom. The first-order chi connectivity index (χ1) is 15.6. The van der Waals surface area contributed by atoms with E-state index in [0.29, 0.717) is 17.5 Å². The highest BCUT2D eigenvalue weighted by atomic mass is 79.9. The number of unbranched alkanes of at least 4 members (excludes halogenated alkanes) is 1. The molecule has 1 aliphatic rings. The standard InChI is InChI=1S/C25H35BrF4N2O2/c1-22(2,27)15-20(16-33)31-24(25(28,29)30,18-10-12-19(26)13-11-18)14-8-6-7-9-21-17-34-23(3,4)32(21)5/h10-13,20-21,31,33H,6-7,9,15-17H2,1-5H3/t20-,21-,24-/m0/s1. The molecule has 1 fully saturated rings. The molecule has 0 amide bonds. The van der Waals surface area contributed by atoms with Crippen LogP contribution in [0.1, 0.15) is 58.9 Å². The summed E-state index contributed by atoms with van der Waals surface area (Å²) in [6.45, 7) is 6.40. The molecule has 0 spiro atoms. The number of rotatable bonds is 9. The monoisotopic (exact) mass is 550 g/mol. The van der Waals surface area contributed by atoms with Crippen molar-refractivity contribution in [1.82, 2.24) is 10.2 Å². The molecular formula is C25H35BrF4N2O2. The topological polar surface area (TPSA) is 44.7 Å². The molecule has 0 unspecified atom stereocenters. The molecule has 1 aromatic rings. The highest BCUT2D eigenvalue weighted by molar-refractivity contribution is 9.10. The lowest BCUT2D eigenvalue weighted by Crippen LogP contribution is -2.58. The van der Waals surface area contributed by atoms with Gasteiger partial charge in [-0.3, -0.25) is 10.2 Å². The summed E-state index contributed by atoms with van der Waals surface area (Å²) in [7, 11) is 1.97. The van der Waals surface area contributed by atoms with Gasteiger partial charge in [0.2, 0.25) is 5.54 Å².